The smallest absolute Gasteiger partial charge is 0.315 e. The van der Waals surface area contributed by atoms with Crippen LogP contribution in [0.3, 0.4) is 0 Å². The van der Waals surface area contributed by atoms with Crippen LogP contribution in [0.5, 0.6) is 5.75 Å². The fourth-order valence-electron chi connectivity index (χ4n) is 4.37. The van der Waals surface area contributed by atoms with Crippen molar-refractivity contribution < 1.29 is 19.4 Å². The van der Waals surface area contributed by atoms with E-state index in [4.69, 9.17) is 4.74 Å². The highest BCUT2D eigenvalue weighted by molar-refractivity contribution is 5.85. The number of rotatable bonds is 5. The molecule has 0 bridgehead atoms. The minimum Gasteiger partial charge on any atom is -0.481 e. The van der Waals surface area contributed by atoms with E-state index in [2.05, 4.69) is 0 Å². The van der Waals surface area contributed by atoms with Crippen molar-refractivity contribution in [2.24, 2.45) is 17.8 Å². The van der Waals surface area contributed by atoms with Crippen LogP contribution in [-0.2, 0) is 9.59 Å². The molecule has 3 aromatic carbocycles. The van der Waals surface area contributed by atoms with Gasteiger partial charge in [-0.25, -0.2) is 0 Å². The van der Waals surface area contributed by atoms with Crippen molar-refractivity contribution in [3.05, 3.63) is 90.5 Å². The predicted octanol–water partition coefficient (Wildman–Crippen LogP) is 5.01. The summed E-state index contributed by atoms with van der Waals surface area (Å²) in [5, 5.41) is 9.67. The molecule has 0 aliphatic heterocycles. The summed E-state index contributed by atoms with van der Waals surface area (Å²) in [7, 11) is 0. The Hall–Kier alpha value is -3.40. The first-order valence-corrected chi connectivity index (χ1v) is 9.72. The number of aliphatic carboxylic acids is 1. The number of para-hydroxylation sites is 1. The van der Waals surface area contributed by atoms with Gasteiger partial charge in [0, 0.05) is 11.5 Å². The topological polar surface area (TPSA) is 63.6 Å². The molecule has 3 aromatic rings. The van der Waals surface area contributed by atoms with Gasteiger partial charge >= 0.3 is 11.9 Å². The molecule has 1 fully saturated rings. The molecule has 4 heteroatoms. The molecule has 29 heavy (non-hydrogen) atoms. The van der Waals surface area contributed by atoms with E-state index < -0.39 is 17.8 Å². The average molecular weight is 386 g/mol. The van der Waals surface area contributed by atoms with Gasteiger partial charge in [0.1, 0.15) is 5.75 Å². The van der Waals surface area contributed by atoms with Gasteiger partial charge in [-0.2, -0.15) is 0 Å². The Morgan fingerprint density at radius 2 is 1.38 bits per heavy atom. The molecular formula is C25H22O4. The molecule has 0 unspecified atom stereocenters. The fraction of sp³-hybridized carbons (Fsp3) is 0.200. The Morgan fingerprint density at radius 3 is 2.03 bits per heavy atom. The molecule has 0 heterocycles. The number of carboxylic acids is 1. The highest BCUT2D eigenvalue weighted by Crippen LogP contribution is 2.53. The Bertz CT molecular complexity index is 1010. The second-order valence-electron chi connectivity index (χ2n) is 7.47. The van der Waals surface area contributed by atoms with Crippen molar-refractivity contribution in [2.75, 3.05) is 0 Å². The summed E-state index contributed by atoms with van der Waals surface area (Å²) < 4.78 is 5.82. The number of carboxylic acid groups (broad SMARTS) is 1. The summed E-state index contributed by atoms with van der Waals surface area (Å²) >= 11 is 0. The van der Waals surface area contributed by atoms with Crippen LogP contribution in [0.25, 0.3) is 11.1 Å². The van der Waals surface area contributed by atoms with Crippen LogP contribution in [0.1, 0.15) is 18.4 Å². The first kappa shape index (κ1) is 18.9. The van der Waals surface area contributed by atoms with Crippen LogP contribution >= 0.6 is 0 Å². The molecule has 0 amide bonds. The number of hydrogen-bond acceptors (Lipinski definition) is 3. The number of esters is 1. The summed E-state index contributed by atoms with van der Waals surface area (Å²) in [6, 6.07) is 26.5. The highest BCUT2D eigenvalue weighted by atomic mass is 16.5. The van der Waals surface area contributed by atoms with Gasteiger partial charge < -0.3 is 9.84 Å². The van der Waals surface area contributed by atoms with E-state index in [9.17, 15) is 14.7 Å². The van der Waals surface area contributed by atoms with E-state index in [0.29, 0.717) is 5.75 Å². The van der Waals surface area contributed by atoms with Crippen LogP contribution in [0.2, 0.25) is 0 Å². The zero-order chi connectivity index (χ0) is 20.4. The molecule has 1 aliphatic carbocycles. The lowest BCUT2D eigenvalue weighted by molar-refractivity contribution is -0.162. The number of carbonyl (C=O) groups excluding carboxylic acids is 1. The van der Waals surface area contributed by atoms with Gasteiger partial charge in [0.05, 0.1) is 11.8 Å². The maximum Gasteiger partial charge on any atom is 0.315 e. The van der Waals surface area contributed by atoms with Crippen molar-refractivity contribution in [3.8, 4) is 16.9 Å². The van der Waals surface area contributed by atoms with Crippen LogP contribution in [0.15, 0.2) is 84.9 Å². The van der Waals surface area contributed by atoms with Crippen molar-refractivity contribution in [2.45, 2.75) is 12.8 Å². The number of hydrogen-bond donors (Lipinski definition) is 1. The molecule has 0 radical (unpaired) electrons. The Kier molecular flexibility index (Phi) is 5.17. The largest absolute Gasteiger partial charge is 0.481 e. The molecular weight excluding hydrogens is 364 g/mol. The van der Waals surface area contributed by atoms with E-state index >= 15 is 0 Å². The Morgan fingerprint density at radius 1 is 0.793 bits per heavy atom. The lowest BCUT2D eigenvalue weighted by Gasteiger charge is -2.47. The van der Waals surface area contributed by atoms with Crippen molar-refractivity contribution in [1.82, 2.24) is 0 Å². The summed E-state index contributed by atoms with van der Waals surface area (Å²) in [5.74, 6) is -2.55. The average Bonchev–Trinajstić information content (AvgIpc) is 2.73. The standard InChI is InChI=1S/C25H22O4/c1-16-21(24(26)27)23(18-12-6-3-7-13-18)22(16)25(28)29-20-15-9-8-14-19(20)17-10-4-2-5-11-17/h2-16,21-23H,1H3,(H,26,27)/t16-,21+,22+,23-/m0/s1. The zero-order valence-corrected chi connectivity index (χ0v) is 16.1. The maximum atomic E-state index is 13.1. The fourth-order valence-corrected chi connectivity index (χ4v) is 4.37. The van der Waals surface area contributed by atoms with Gasteiger partial charge in [-0.1, -0.05) is 85.8 Å². The third-order valence-corrected chi connectivity index (χ3v) is 5.83. The van der Waals surface area contributed by atoms with E-state index in [0.717, 1.165) is 16.7 Å². The summed E-state index contributed by atoms with van der Waals surface area (Å²) in [6.45, 7) is 1.81. The number of ether oxygens (including phenoxy) is 1. The maximum absolute atomic E-state index is 13.1. The van der Waals surface area contributed by atoms with E-state index in [1.165, 1.54) is 0 Å². The van der Waals surface area contributed by atoms with Crippen LogP contribution in [-0.4, -0.2) is 17.0 Å². The van der Waals surface area contributed by atoms with Crippen molar-refractivity contribution >= 4 is 11.9 Å². The Balaban J connectivity index is 1.63. The molecule has 1 aliphatic rings. The Labute approximate surface area is 169 Å². The normalized spacial score (nSPS) is 23.1. The number of benzene rings is 3. The zero-order valence-electron chi connectivity index (χ0n) is 16.1. The molecule has 0 saturated heterocycles. The van der Waals surface area contributed by atoms with E-state index in [1.807, 2.05) is 85.8 Å². The lowest BCUT2D eigenvalue weighted by atomic mass is 9.55. The lowest BCUT2D eigenvalue weighted by Crippen LogP contribution is -2.52. The minimum absolute atomic E-state index is 0.297. The molecule has 146 valence electrons. The SMILES string of the molecule is C[C@H]1[C@@H](C(=O)O)[C@H](c2ccccc2)[C@@H]1C(=O)Oc1ccccc1-c1ccccc1. The van der Waals surface area contributed by atoms with Gasteiger partial charge in [0.15, 0.2) is 0 Å². The predicted molar refractivity (Wildman–Crippen MR) is 110 cm³/mol. The van der Waals surface area contributed by atoms with Crippen molar-refractivity contribution in [3.63, 3.8) is 0 Å². The quantitative estimate of drug-likeness (QED) is 0.495. The van der Waals surface area contributed by atoms with Gasteiger partial charge in [-0.3, -0.25) is 9.59 Å². The van der Waals surface area contributed by atoms with Crippen molar-refractivity contribution in [1.29, 1.82) is 0 Å². The van der Waals surface area contributed by atoms with Crippen LogP contribution < -0.4 is 4.74 Å². The van der Waals surface area contributed by atoms with Gasteiger partial charge in [-0.05, 0) is 23.1 Å². The van der Waals surface area contributed by atoms with Crippen LogP contribution in [0, 0.1) is 17.8 Å². The molecule has 0 spiro atoms. The van der Waals surface area contributed by atoms with Gasteiger partial charge in [0.2, 0.25) is 0 Å². The van der Waals surface area contributed by atoms with E-state index in [-0.39, 0.29) is 17.8 Å². The van der Waals surface area contributed by atoms with Gasteiger partial charge in [-0.15, -0.1) is 0 Å². The highest BCUT2D eigenvalue weighted by Gasteiger charge is 2.56. The first-order chi connectivity index (χ1) is 14.1. The third kappa shape index (κ3) is 3.54. The minimum atomic E-state index is -0.875. The molecule has 4 nitrogen and oxygen atoms in total. The van der Waals surface area contributed by atoms with E-state index in [1.54, 1.807) is 6.07 Å². The van der Waals surface area contributed by atoms with Gasteiger partial charge in [0.25, 0.3) is 0 Å². The second kappa shape index (κ2) is 7.92. The summed E-state index contributed by atoms with van der Waals surface area (Å²) in [4.78, 5) is 24.9. The van der Waals surface area contributed by atoms with Crippen LogP contribution in [0.4, 0.5) is 0 Å². The number of carbonyl (C=O) groups is 2. The molecule has 4 atom stereocenters. The monoisotopic (exact) mass is 386 g/mol. The third-order valence-electron chi connectivity index (χ3n) is 5.83. The summed E-state index contributed by atoms with van der Waals surface area (Å²) in [6.07, 6.45) is 0. The first-order valence-electron chi connectivity index (χ1n) is 9.72. The molecule has 4 rings (SSSR count). The summed E-state index contributed by atoms with van der Waals surface area (Å²) in [5.41, 5.74) is 2.65. The molecule has 1 saturated carbocycles. The molecule has 0 aromatic heterocycles. The second-order valence-corrected chi connectivity index (χ2v) is 7.47. The molecule has 1 N–H and O–H groups in total.